The van der Waals surface area contributed by atoms with Gasteiger partial charge in [-0.1, -0.05) is 62.3 Å². The molecular formula is C71H106O26. The topological polar surface area (TPSA) is 350 Å². The van der Waals surface area contributed by atoms with Crippen LogP contribution in [0.25, 0.3) is 0 Å². The number of ether oxygens (including phenoxy) is 12. The van der Waals surface area contributed by atoms with Crippen LogP contribution in [0.3, 0.4) is 0 Å². The van der Waals surface area contributed by atoms with E-state index < -0.39 is 89.7 Å². The molecule has 0 radical (unpaired) electrons. The van der Waals surface area contributed by atoms with Gasteiger partial charge in [0.15, 0.2) is 37.0 Å². The van der Waals surface area contributed by atoms with E-state index in [9.17, 15) is 67.1 Å². The summed E-state index contributed by atoms with van der Waals surface area (Å²) in [6, 6.07) is 0. The van der Waals surface area contributed by atoms with Crippen LogP contribution in [0.5, 0.6) is 0 Å². The number of carbonyl (C=O) groups is 14. The Morgan fingerprint density at radius 3 is 1.18 bits per heavy atom. The van der Waals surface area contributed by atoms with Gasteiger partial charge in [0, 0.05) is 49.4 Å². The molecule has 0 amide bonds. The average molecular weight is 1380 g/mol. The third-order valence-corrected chi connectivity index (χ3v) is 20.7. The molecule has 10 fully saturated rings. The van der Waals surface area contributed by atoms with Gasteiger partial charge in [-0.25, -0.2) is 19.2 Å². The summed E-state index contributed by atoms with van der Waals surface area (Å²) >= 11 is 0. The molecule has 4 aliphatic heterocycles. The lowest BCUT2D eigenvalue weighted by atomic mass is 9.87. The van der Waals surface area contributed by atoms with Crippen LogP contribution < -0.4 is 0 Å². The van der Waals surface area contributed by atoms with Gasteiger partial charge in [-0.15, -0.1) is 0 Å². The third kappa shape index (κ3) is 21.7. The number of hydrogen-bond donors (Lipinski definition) is 0. The molecule has 4 saturated heterocycles. The summed E-state index contributed by atoms with van der Waals surface area (Å²) in [6.07, 6.45) is 9.08. The molecule has 0 spiro atoms. The second kappa shape index (κ2) is 36.2. The molecule has 6 saturated carbocycles. The number of fused-ring (bicyclic) bond motifs is 2. The van der Waals surface area contributed by atoms with Gasteiger partial charge in [0.25, 0.3) is 0 Å². The minimum atomic E-state index is -0.687. The lowest BCUT2D eigenvalue weighted by Gasteiger charge is -2.29. The molecule has 97 heavy (non-hydrogen) atoms. The zero-order chi connectivity index (χ0) is 72.4. The van der Waals surface area contributed by atoms with E-state index in [-0.39, 0.29) is 101 Å². The maximum atomic E-state index is 12.1. The van der Waals surface area contributed by atoms with Gasteiger partial charge in [-0.05, 0) is 131 Å². The van der Waals surface area contributed by atoms with Crippen molar-refractivity contribution in [2.75, 3.05) is 26.4 Å². The highest BCUT2D eigenvalue weighted by Gasteiger charge is 2.65. The first-order chi connectivity index (χ1) is 45.6. The number of rotatable bonds is 22. The molecule has 26 heteroatoms. The molecule has 26 nitrogen and oxygen atoms in total. The van der Waals surface area contributed by atoms with Crippen molar-refractivity contribution in [3.05, 3.63) is 0 Å². The molecule has 4 bridgehead atoms. The largest absolute Gasteiger partial charge is 0.463 e. The normalized spacial score (nSPS) is 29.0. The average Bonchev–Trinajstić information content (AvgIpc) is 1.58. The Hall–Kier alpha value is -7.02. The molecule has 546 valence electrons. The number of hydrogen-bond acceptors (Lipinski definition) is 26. The predicted octanol–water partition coefficient (Wildman–Crippen LogP) is 8.49. The quantitative estimate of drug-likeness (QED) is 0.0724. The van der Waals surface area contributed by atoms with Crippen molar-refractivity contribution in [2.24, 2.45) is 69.5 Å². The fourth-order valence-corrected chi connectivity index (χ4v) is 12.1. The van der Waals surface area contributed by atoms with E-state index >= 15 is 0 Å². The van der Waals surface area contributed by atoms with Crippen LogP contribution in [-0.4, -0.2) is 158 Å². The van der Waals surface area contributed by atoms with E-state index in [0.717, 1.165) is 57.8 Å². The number of carbonyl (C=O) groups excluding carboxylic acids is 14. The maximum Gasteiger partial charge on any atom is 0.347 e. The van der Waals surface area contributed by atoms with Crippen LogP contribution >= 0.6 is 0 Å². The first-order valence-electron chi connectivity index (χ1n) is 34.9. The van der Waals surface area contributed by atoms with Gasteiger partial charge in [-0.3, -0.25) is 47.9 Å². The van der Waals surface area contributed by atoms with Crippen LogP contribution in [0.15, 0.2) is 0 Å². The van der Waals surface area contributed by atoms with Gasteiger partial charge in [0.1, 0.15) is 24.4 Å². The molecule has 4 heterocycles. The number of ketones is 2. The second-order valence-corrected chi connectivity index (χ2v) is 28.8. The number of Topliss-reactive ketones (excluding diaryl/α,β-unsaturated/α-hetero) is 2. The summed E-state index contributed by atoms with van der Waals surface area (Å²) in [5.74, 6) is -3.22. The van der Waals surface area contributed by atoms with E-state index in [0.29, 0.717) is 94.7 Å². The molecule has 0 aromatic carbocycles. The Kier molecular flexibility index (Phi) is 30.1. The van der Waals surface area contributed by atoms with Crippen molar-refractivity contribution in [3.63, 3.8) is 0 Å². The van der Waals surface area contributed by atoms with Gasteiger partial charge in [0.05, 0.1) is 59.0 Å². The van der Waals surface area contributed by atoms with E-state index in [1.54, 1.807) is 41.5 Å². The number of cyclic esters (lactones) is 2. The predicted molar refractivity (Wildman–Crippen MR) is 340 cm³/mol. The van der Waals surface area contributed by atoms with Crippen molar-refractivity contribution < 1.29 is 124 Å². The first-order valence-corrected chi connectivity index (χ1v) is 34.9. The lowest BCUT2D eigenvalue weighted by molar-refractivity contribution is -0.170. The molecule has 17 unspecified atom stereocenters. The molecule has 6 aliphatic carbocycles. The highest BCUT2D eigenvalue weighted by Crippen LogP contribution is 2.57. The fraction of sp³-hybridized carbons (Fsp3) is 0.803. The monoisotopic (exact) mass is 1370 g/mol. The standard InChI is InChI=1S/C14H20O4.C13H20O5.C13H18O4.C12H18O5.C10H16O4.C9H14O4/c1-4-14(2,3)13(16)18-10-7-5-8-9(6-7)12(15)17-11(8)10;1-4-13(2,3)12(16)17-8-11(15)18-10-7-5-6-9(10)14;1-3-6(2)12(14)16-10-7-4-8-9(5-7)13(15)17-11(8)10;1-3-8(2)12(15)16-7-11(14)17-10-6-4-5-9(10)13;1-4-10(2,3)9(12)14-7-5-6-13-8(7)11;1-3-6(2)8(10)13-7-4-5-12-9(7)11/h7-11H,4-6H2,1-3H3;10H,4-8H2,1-3H3;6-11H,3-5H2,1-2H3;8,10H,3-7H2,1-2H3;7H,4-6H2,1-3H3;6-7H,3-5H2,1-2H3. The lowest BCUT2D eigenvalue weighted by Crippen LogP contribution is -2.39. The fourth-order valence-electron chi connectivity index (χ4n) is 12.1. The van der Waals surface area contributed by atoms with Gasteiger partial charge < -0.3 is 56.8 Å². The van der Waals surface area contributed by atoms with Gasteiger partial charge in [-0.2, -0.15) is 0 Å². The Labute approximate surface area is 569 Å². The highest BCUT2D eigenvalue weighted by atomic mass is 16.6. The van der Waals surface area contributed by atoms with E-state index in [2.05, 4.69) is 4.74 Å². The minimum Gasteiger partial charge on any atom is -0.463 e. The summed E-state index contributed by atoms with van der Waals surface area (Å²) in [5, 5.41) is 0. The van der Waals surface area contributed by atoms with Crippen molar-refractivity contribution in [3.8, 4) is 0 Å². The van der Waals surface area contributed by atoms with Crippen LogP contribution in [-0.2, 0) is 124 Å². The molecule has 10 rings (SSSR count). The maximum absolute atomic E-state index is 12.1. The smallest absolute Gasteiger partial charge is 0.347 e. The molecule has 10 aliphatic rings. The minimum absolute atomic E-state index is 0.0494. The summed E-state index contributed by atoms with van der Waals surface area (Å²) in [4.78, 5) is 160. The third-order valence-electron chi connectivity index (χ3n) is 20.7. The van der Waals surface area contributed by atoms with Crippen molar-refractivity contribution in [1.82, 2.24) is 0 Å². The van der Waals surface area contributed by atoms with Crippen molar-refractivity contribution in [2.45, 2.75) is 268 Å². The molecule has 17 atom stereocenters. The Morgan fingerprint density at radius 1 is 0.423 bits per heavy atom. The zero-order valence-corrected chi connectivity index (χ0v) is 59.5. The first kappa shape index (κ1) is 80.7. The second-order valence-electron chi connectivity index (χ2n) is 28.8. The van der Waals surface area contributed by atoms with E-state index in [1.165, 1.54) is 0 Å². The zero-order valence-electron chi connectivity index (χ0n) is 59.5. The van der Waals surface area contributed by atoms with Crippen molar-refractivity contribution >= 4 is 83.2 Å². The van der Waals surface area contributed by atoms with Crippen LogP contribution in [0, 0.1) is 69.5 Å². The van der Waals surface area contributed by atoms with Crippen LogP contribution in [0.4, 0.5) is 0 Å². The summed E-state index contributed by atoms with van der Waals surface area (Å²) in [7, 11) is 0. The summed E-state index contributed by atoms with van der Waals surface area (Å²) < 4.78 is 60.9. The Balaban J connectivity index is 0.000000211. The Bertz CT molecular complexity index is 2840. The van der Waals surface area contributed by atoms with Crippen LogP contribution in [0.2, 0.25) is 0 Å². The Morgan fingerprint density at radius 2 is 0.794 bits per heavy atom. The molecule has 0 aromatic heterocycles. The van der Waals surface area contributed by atoms with Crippen LogP contribution in [0.1, 0.15) is 219 Å². The SMILES string of the molecule is CCC(C)(C)C(=O)OC1C2CC3C(=O)OC1C3C2.CCC(C)(C)C(=O)OC1CCOC1=O.CCC(C)(C)C(=O)OCC(=O)OC1CCCC1=O.CCC(C)C(=O)OC1C2CC3C(=O)OC1C3C2.CCC(C)C(=O)OC1CCOC1=O.CCC(C)C(=O)OCC(=O)OC1CCCC1=O. The molecule has 0 N–H and O–H groups in total. The van der Waals surface area contributed by atoms with Crippen molar-refractivity contribution in [1.29, 1.82) is 0 Å². The number of esters is 12. The van der Waals surface area contributed by atoms with Gasteiger partial charge >= 0.3 is 71.6 Å². The summed E-state index contributed by atoms with van der Waals surface area (Å²) in [5.41, 5.74) is -1.59. The molecule has 0 aromatic rings. The van der Waals surface area contributed by atoms with Gasteiger partial charge in [0.2, 0.25) is 12.2 Å². The highest BCUT2D eigenvalue weighted by molar-refractivity contribution is 5.89. The van der Waals surface area contributed by atoms with E-state index in [1.807, 2.05) is 62.3 Å². The molecular weight excluding hydrogens is 1270 g/mol. The summed E-state index contributed by atoms with van der Waals surface area (Å²) in [6.45, 7) is 27.7. The van der Waals surface area contributed by atoms with E-state index in [4.69, 9.17) is 52.1 Å².